The standard InChI is InChI=1S/C15H27N5O2.2ClH/c1-10(2)9-13(16)15(21)20-7-5-19(6-8-20)11(3)14-17-12(4)18-22-14;;/h10-11,13H,5-9,16H2,1-4H3;2*1H/t11?,13-;;/m0../s1. The highest BCUT2D eigenvalue weighted by Gasteiger charge is 2.29. The molecule has 1 saturated heterocycles. The predicted molar refractivity (Wildman–Crippen MR) is 97.5 cm³/mol. The molecule has 2 atom stereocenters. The lowest BCUT2D eigenvalue weighted by atomic mass is 10.0. The molecular weight excluding hydrogens is 353 g/mol. The van der Waals surface area contributed by atoms with Gasteiger partial charge in [-0.25, -0.2) is 0 Å². The van der Waals surface area contributed by atoms with Crippen molar-refractivity contribution in [1.82, 2.24) is 19.9 Å². The second-order valence-corrected chi connectivity index (χ2v) is 6.45. The zero-order chi connectivity index (χ0) is 16.3. The Morgan fingerprint density at radius 3 is 2.25 bits per heavy atom. The van der Waals surface area contributed by atoms with E-state index in [1.807, 2.05) is 11.8 Å². The van der Waals surface area contributed by atoms with E-state index < -0.39 is 0 Å². The van der Waals surface area contributed by atoms with Gasteiger partial charge in [-0.3, -0.25) is 9.69 Å². The van der Waals surface area contributed by atoms with Crippen molar-refractivity contribution in [2.75, 3.05) is 26.2 Å². The first-order chi connectivity index (χ1) is 10.4. The first kappa shape index (κ1) is 23.1. The van der Waals surface area contributed by atoms with E-state index in [1.54, 1.807) is 0 Å². The maximum Gasteiger partial charge on any atom is 0.243 e. The van der Waals surface area contributed by atoms with Crippen LogP contribution < -0.4 is 5.73 Å². The number of hydrogen-bond acceptors (Lipinski definition) is 6. The van der Waals surface area contributed by atoms with Crippen molar-refractivity contribution in [3.8, 4) is 0 Å². The van der Waals surface area contributed by atoms with Crippen LogP contribution in [0.15, 0.2) is 4.52 Å². The molecule has 1 aromatic rings. The van der Waals surface area contributed by atoms with Gasteiger partial charge in [-0.1, -0.05) is 19.0 Å². The van der Waals surface area contributed by atoms with Crippen LogP contribution in [-0.4, -0.2) is 58.1 Å². The van der Waals surface area contributed by atoms with Gasteiger partial charge in [0.05, 0.1) is 12.1 Å². The third kappa shape index (κ3) is 5.88. The fraction of sp³-hybridized carbons (Fsp3) is 0.800. The largest absolute Gasteiger partial charge is 0.339 e. The fourth-order valence-electron chi connectivity index (χ4n) is 2.81. The van der Waals surface area contributed by atoms with Gasteiger partial charge < -0.3 is 15.2 Å². The third-order valence-electron chi connectivity index (χ3n) is 4.12. The van der Waals surface area contributed by atoms with Crippen LogP contribution in [0.1, 0.15) is 44.9 Å². The number of rotatable bonds is 5. The number of carbonyl (C=O) groups excluding carboxylic acids is 1. The maximum atomic E-state index is 12.3. The second kappa shape index (κ2) is 10.2. The maximum absolute atomic E-state index is 12.3. The molecule has 1 aliphatic rings. The minimum Gasteiger partial charge on any atom is -0.339 e. The van der Waals surface area contributed by atoms with Crippen LogP contribution in [-0.2, 0) is 4.79 Å². The third-order valence-corrected chi connectivity index (χ3v) is 4.12. The van der Waals surface area contributed by atoms with E-state index >= 15 is 0 Å². The molecule has 9 heteroatoms. The number of halogens is 2. The molecule has 140 valence electrons. The van der Waals surface area contributed by atoms with Gasteiger partial charge in [-0.15, -0.1) is 24.8 Å². The molecule has 1 aromatic heterocycles. The predicted octanol–water partition coefficient (Wildman–Crippen LogP) is 1.80. The summed E-state index contributed by atoms with van der Waals surface area (Å²) in [6, 6.07) is -0.314. The first-order valence-electron chi connectivity index (χ1n) is 7.97. The summed E-state index contributed by atoms with van der Waals surface area (Å²) in [6.45, 7) is 11.0. The zero-order valence-corrected chi connectivity index (χ0v) is 16.4. The normalized spacial score (nSPS) is 17.8. The van der Waals surface area contributed by atoms with Crippen LogP contribution in [0.3, 0.4) is 0 Å². The van der Waals surface area contributed by atoms with Crippen LogP contribution in [0, 0.1) is 12.8 Å². The van der Waals surface area contributed by atoms with Crippen molar-refractivity contribution in [3.05, 3.63) is 11.7 Å². The van der Waals surface area contributed by atoms with Crippen LogP contribution >= 0.6 is 24.8 Å². The van der Waals surface area contributed by atoms with Gasteiger partial charge in [0.1, 0.15) is 0 Å². The molecule has 0 aliphatic carbocycles. The van der Waals surface area contributed by atoms with Gasteiger partial charge in [-0.2, -0.15) is 4.98 Å². The molecule has 0 aromatic carbocycles. The number of amides is 1. The number of hydrogen-bond donors (Lipinski definition) is 1. The average Bonchev–Trinajstić information content (AvgIpc) is 2.91. The van der Waals surface area contributed by atoms with E-state index in [-0.39, 0.29) is 42.8 Å². The Labute approximate surface area is 156 Å². The van der Waals surface area contributed by atoms with Gasteiger partial charge in [0.2, 0.25) is 11.8 Å². The Hall–Kier alpha value is -0.890. The molecule has 7 nitrogen and oxygen atoms in total. The molecule has 0 radical (unpaired) electrons. The van der Waals surface area contributed by atoms with Crippen molar-refractivity contribution in [2.24, 2.45) is 11.7 Å². The van der Waals surface area contributed by atoms with E-state index in [9.17, 15) is 4.79 Å². The molecule has 1 unspecified atom stereocenters. The summed E-state index contributed by atoms with van der Waals surface area (Å²) in [5, 5.41) is 3.83. The minimum atomic E-state index is -0.387. The average molecular weight is 382 g/mol. The van der Waals surface area contributed by atoms with Crippen molar-refractivity contribution in [2.45, 2.75) is 46.2 Å². The van der Waals surface area contributed by atoms with Gasteiger partial charge in [0.25, 0.3) is 0 Å². The van der Waals surface area contributed by atoms with Crippen molar-refractivity contribution >= 4 is 30.7 Å². The monoisotopic (exact) mass is 381 g/mol. The molecule has 0 spiro atoms. The Morgan fingerprint density at radius 1 is 1.21 bits per heavy atom. The number of aromatic nitrogens is 2. The molecule has 1 fully saturated rings. The van der Waals surface area contributed by atoms with E-state index in [0.717, 1.165) is 19.5 Å². The molecule has 24 heavy (non-hydrogen) atoms. The summed E-state index contributed by atoms with van der Waals surface area (Å²) in [5.74, 6) is 1.78. The van der Waals surface area contributed by atoms with Crippen molar-refractivity contribution in [3.63, 3.8) is 0 Å². The quantitative estimate of drug-likeness (QED) is 0.836. The van der Waals surface area contributed by atoms with E-state index in [2.05, 4.69) is 35.8 Å². The van der Waals surface area contributed by atoms with Crippen LogP contribution in [0.25, 0.3) is 0 Å². The summed E-state index contributed by atoms with van der Waals surface area (Å²) in [7, 11) is 0. The Kier molecular flexibility index (Phi) is 9.80. The van der Waals surface area contributed by atoms with Gasteiger partial charge in [0.15, 0.2) is 5.82 Å². The molecular formula is C15H29Cl2N5O2. The van der Waals surface area contributed by atoms with Crippen LogP contribution in [0.4, 0.5) is 0 Å². The fourth-order valence-corrected chi connectivity index (χ4v) is 2.81. The highest BCUT2D eigenvalue weighted by molar-refractivity contribution is 5.85. The number of aryl methyl sites for hydroxylation is 1. The molecule has 0 saturated carbocycles. The molecule has 0 bridgehead atoms. The van der Waals surface area contributed by atoms with Crippen molar-refractivity contribution in [1.29, 1.82) is 0 Å². The number of piperazine rings is 1. The van der Waals surface area contributed by atoms with Crippen LogP contribution in [0.5, 0.6) is 0 Å². The first-order valence-corrected chi connectivity index (χ1v) is 7.97. The Balaban J connectivity index is 0.00000264. The van der Waals surface area contributed by atoms with Gasteiger partial charge >= 0.3 is 0 Å². The van der Waals surface area contributed by atoms with E-state index in [4.69, 9.17) is 10.3 Å². The number of nitrogens with zero attached hydrogens (tertiary/aromatic N) is 4. The van der Waals surface area contributed by atoms with Gasteiger partial charge in [-0.05, 0) is 26.2 Å². The molecule has 1 amide bonds. The Morgan fingerprint density at radius 2 is 1.79 bits per heavy atom. The highest BCUT2D eigenvalue weighted by atomic mass is 35.5. The lowest BCUT2D eigenvalue weighted by Gasteiger charge is -2.37. The smallest absolute Gasteiger partial charge is 0.243 e. The summed E-state index contributed by atoms with van der Waals surface area (Å²) >= 11 is 0. The van der Waals surface area contributed by atoms with E-state index in [1.165, 1.54) is 0 Å². The number of carbonyl (C=O) groups is 1. The molecule has 2 rings (SSSR count). The number of nitrogens with two attached hydrogens (primary N) is 1. The minimum absolute atomic E-state index is 0. The summed E-state index contributed by atoms with van der Waals surface area (Å²) in [5.41, 5.74) is 6.00. The van der Waals surface area contributed by atoms with Crippen molar-refractivity contribution < 1.29 is 9.32 Å². The summed E-state index contributed by atoms with van der Waals surface area (Å²) < 4.78 is 5.23. The lowest BCUT2D eigenvalue weighted by molar-refractivity contribution is -0.135. The lowest BCUT2D eigenvalue weighted by Crippen LogP contribution is -2.53. The van der Waals surface area contributed by atoms with Gasteiger partial charge in [0, 0.05) is 26.2 Å². The highest BCUT2D eigenvalue weighted by Crippen LogP contribution is 2.20. The molecule has 1 aliphatic heterocycles. The SMILES string of the molecule is Cc1noc(C(C)N2CCN(C(=O)[C@@H](N)CC(C)C)CC2)n1.Cl.Cl. The topological polar surface area (TPSA) is 88.5 Å². The molecule has 2 heterocycles. The summed E-state index contributed by atoms with van der Waals surface area (Å²) in [6.07, 6.45) is 0.733. The second-order valence-electron chi connectivity index (χ2n) is 6.45. The van der Waals surface area contributed by atoms with Crippen LogP contribution in [0.2, 0.25) is 0 Å². The molecule has 2 N–H and O–H groups in total. The van der Waals surface area contributed by atoms with E-state index in [0.29, 0.717) is 30.7 Å². The summed E-state index contributed by atoms with van der Waals surface area (Å²) in [4.78, 5) is 20.7. The Bertz CT molecular complexity index is 504. The zero-order valence-electron chi connectivity index (χ0n) is 14.8.